The molecule has 5 nitrogen and oxygen atoms in total. The Morgan fingerprint density at radius 1 is 1.12 bits per heavy atom. The smallest absolute Gasteiger partial charge is 0.254 e. The number of allylic oxidation sites excluding steroid dienone is 2. The van der Waals surface area contributed by atoms with Crippen molar-refractivity contribution in [3.8, 4) is 5.75 Å². The average Bonchev–Trinajstić information content (AvgIpc) is 3.35. The van der Waals surface area contributed by atoms with Gasteiger partial charge in [0.2, 0.25) is 0 Å². The zero-order chi connectivity index (χ0) is 16.6. The van der Waals surface area contributed by atoms with Gasteiger partial charge in [-0.2, -0.15) is 10.1 Å². The predicted molar refractivity (Wildman–Crippen MR) is 90.0 cm³/mol. The van der Waals surface area contributed by atoms with Gasteiger partial charge in [0.15, 0.2) is 0 Å². The van der Waals surface area contributed by atoms with Crippen LogP contribution in [0.4, 0.5) is 0 Å². The monoisotopic (exact) mass is 386 g/mol. The summed E-state index contributed by atoms with van der Waals surface area (Å²) in [6, 6.07) is 4.91. The molecule has 1 N–H and O–H groups in total. The number of hydrazone groups is 1. The lowest BCUT2D eigenvalue weighted by Crippen LogP contribution is -2.40. The minimum atomic E-state index is -0.222. The first kappa shape index (κ1) is 14.4. The molecular formula is C18H15BrN2O3. The molecule has 24 heavy (non-hydrogen) atoms. The summed E-state index contributed by atoms with van der Waals surface area (Å²) < 4.78 is 0.543. The van der Waals surface area contributed by atoms with Crippen LogP contribution in [0.2, 0.25) is 0 Å². The molecule has 0 radical (unpaired) electrons. The Morgan fingerprint density at radius 2 is 1.75 bits per heavy atom. The molecule has 122 valence electrons. The highest BCUT2D eigenvalue weighted by molar-refractivity contribution is 9.10. The van der Waals surface area contributed by atoms with Crippen LogP contribution in [0.5, 0.6) is 5.75 Å². The predicted octanol–water partition coefficient (Wildman–Crippen LogP) is 2.54. The van der Waals surface area contributed by atoms with Crippen LogP contribution in [0.25, 0.3) is 0 Å². The normalized spacial score (nSPS) is 38.8. The van der Waals surface area contributed by atoms with Gasteiger partial charge in [0.05, 0.1) is 22.5 Å². The molecule has 0 aromatic heterocycles. The standard InChI is InChI=1S/C18H15BrN2O3/c19-13-5-8(1-4-14(13)22)7-20-21-17(23)15-9-2-3-10(12-6-11(9)12)16(15)18(21)24/h1-5,7,9-12,15-16,22H,6H2/b20-7+/t9-,10+,11-,12+,15-,16+. The molecule has 1 aromatic rings. The molecule has 1 aliphatic heterocycles. The molecule has 6 heteroatoms. The number of rotatable bonds is 2. The van der Waals surface area contributed by atoms with Crippen molar-refractivity contribution in [3.05, 3.63) is 40.4 Å². The number of phenolic OH excluding ortho intramolecular Hbond substituents is 1. The van der Waals surface area contributed by atoms with Gasteiger partial charge < -0.3 is 5.11 Å². The number of halogens is 1. The van der Waals surface area contributed by atoms with Crippen LogP contribution >= 0.6 is 15.9 Å². The maximum Gasteiger partial charge on any atom is 0.254 e. The summed E-state index contributed by atoms with van der Waals surface area (Å²) in [5.74, 6) is 0.972. The zero-order valence-corrected chi connectivity index (χ0v) is 14.3. The van der Waals surface area contributed by atoms with Crippen LogP contribution in [0.1, 0.15) is 12.0 Å². The highest BCUT2D eigenvalue weighted by Gasteiger charge is 2.67. The van der Waals surface area contributed by atoms with E-state index in [-0.39, 0.29) is 41.2 Å². The summed E-state index contributed by atoms with van der Waals surface area (Å²) in [6.45, 7) is 0. The van der Waals surface area contributed by atoms with Gasteiger partial charge in [0.1, 0.15) is 5.75 Å². The number of hydrogen-bond acceptors (Lipinski definition) is 4. The number of phenols is 1. The second kappa shape index (κ2) is 4.79. The van der Waals surface area contributed by atoms with Crippen molar-refractivity contribution < 1.29 is 14.7 Å². The van der Waals surface area contributed by atoms with Crippen molar-refractivity contribution in [2.24, 2.45) is 40.6 Å². The Kier molecular flexibility index (Phi) is 2.87. The third-order valence-corrected chi connectivity index (χ3v) is 6.57. The van der Waals surface area contributed by atoms with Gasteiger partial charge in [0, 0.05) is 0 Å². The van der Waals surface area contributed by atoms with E-state index in [0.29, 0.717) is 21.9 Å². The summed E-state index contributed by atoms with van der Waals surface area (Å²) in [7, 11) is 0. The number of hydrogen-bond donors (Lipinski definition) is 1. The van der Waals surface area contributed by atoms with Crippen molar-refractivity contribution in [1.82, 2.24) is 5.01 Å². The van der Waals surface area contributed by atoms with Crippen molar-refractivity contribution in [1.29, 1.82) is 0 Å². The highest BCUT2D eigenvalue weighted by atomic mass is 79.9. The molecule has 2 bridgehead atoms. The number of benzene rings is 1. The van der Waals surface area contributed by atoms with E-state index < -0.39 is 0 Å². The van der Waals surface area contributed by atoms with Crippen molar-refractivity contribution >= 4 is 34.0 Å². The number of carbonyl (C=O) groups excluding carboxylic acids is 2. The van der Waals surface area contributed by atoms with Crippen molar-refractivity contribution in [2.45, 2.75) is 6.42 Å². The fourth-order valence-electron chi connectivity index (χ4n) is 4.78. The summed E-state index contributed by atoms with van der Waals surface area (Å²) in [6.07, 6.45) is 6.94. The Morgan fingerprint density at radius 3 is 2.33 bits per heavy atom. The summed E-state index contributed by atoms with van der Waals surface area (Å²) in [5, 5.41) is 14.8. The van der Waals surface area contributed by atoms with Gasteiger partial charge in [0.25, 0.3) is 11.8 Å². The Bertz CT molecular complexity index is 798. The van der Waals surface area contributed by atoms with Crippen LogP contribution < -0.4 is 0 Å². The molecule has 1 aromatic carbocycles. The van der Waals surface area contributed by atoms with Crippen LogP contribution in [0, 0.1) is 35.5 Å². The molecule has 1 heterocycles. The van der Waals surface area contributed by atoms with Gasteiger partial charge in [-0.1, -0.05) is 12.2 Å². The molecule has 5 aliphatic rings. The van der Waals surface area contributed by atoms with Crippen LogP contribution in [0.3, 0.4) is 0 Å². The molecular weight excluding hydrogens is 372 g/mol. The third-order valence-electron chi connectivity index (χ3n) is 5.93. The van der Waals surface area contributed by atoms with E-state index in [9.17, 15) is 14.7 Å². The first-order chi connectivity index (χ1) is 11.6. The second-order valence-electron chi connectivity index (χ2n) is 7.10. The van der Waals surface area contributed by atoms with Crippen molar-refractivity contribution in [3.63, 3.8) is 0 Å². The summed E-state index contributed by atoms with van der Waals surface area (Å²) >= 11 is 3.24. The largest absolute Gasteiger partial charge is 0.507 e. The van der Waals surface area contributed by atoms with Crippen LogP contribution in [-0.2, 0) is 9.59 Å². The van der Waals surface area contributed by atoms with E-state index in [1.807, 2.05) is 0 Å². The van der Waals surface area contributed by atoms with E-state index in [1.54, 1.807) is 12.1 Å². The molecule has 1 saturated heterocycles. The van der Waals surface area contributed by atoms with E-state index in [2.05, 4.69) is 33.2 Å². The van der Waals surface area contributed by atoms with Gasteiger partial charge >= 0.3 is 0 Å². The molecule has 4 aliphatic carbocycles. The molecule has 2 saturated carbocycles. The molecule has 0 unspecified atom stereocenters. The molecule has 2 amide bonds. The second-order valence-corrected chi connectivity index (χ2v) is 7.95. The lowest BCUT2D eigenvalue weighted by Gasteiger charge is -2.37. The molecule has 6 atom stereocenters. The van der Waals surface area contributed by atoms with E-state index >= 15 is 0 Å². The summed E-state index contributed by atoms with van der Waals surface area (Å²) in [4.78, 5) is 25.5. The Labute approximate surface area is 147 Å². The quantitative estimate of drug-likeness (QED) is 0.482. The SMILES string of the molecule is O=C1[C@@H]2[C@@H]3C=C[C@@H]([C@@H]4C[C@H]34)[C@@H]2C(=O)N1/N=C/c1ccc(O)c(Br)c1. The Hall–Kier alpha value is -1.95. The lowest BCUT2D eigenvalue weighted by molar-refractivity contribution is -0.140. The van der Waals surface area contributed by atoms with Crippen LogP contribution in [-0.4, -0.2) is 28.1 Å². The van der Waals surface area contributed by atoms with Gasteiger partial charge in [-0.25, -0.2) is 0 Å². The van der Waals surface area contributed by atoms with E-state index in [4.69, 9.17) is 0 Å². The van der Waals surface area contributed by atoms with E-state index in [0.717, 1.165) is 11.4 Å². The maximum absolute atomic E-state index is 12.8. The van der Waals surface area contributed by atoms with Gasteiger partial charge in [-0.15, -0.1) is 0 Å². The number of carbonyl (C=O) groups is 2. The number of amides is 2. The molecule has 6 rings (SSSR count). The fourth-order valence-corrected chi connectivity index (χ4v) is 5.18. The number of aromatic hydroxyl groups is 1. The lowest BCUT2D eigenvalue weighted by atomic mass is 9.63. The Balaban J connectivity index is 1.44. The summed E-state index contributed by atoms with van der Waals surface area (Å²) in [5.41, 5.74) is 0.707. The maximum atomic E-state index is 12.8. The van der Waals surface area contributed by atoms with Crippen LogP contribution in [0.15, 0.2) is 39.9 Å². The van der Waals surface area contributed by atoms with E-state index in [1.165, 1.54) is 12.3 Å². The highest BCUT2D eigenvalue weighted by Crippen LogP contribution is 2.65. The van der Waals surface area contributed by atoms with Gasteiger partial charge in [-0.05, 0) is 69.8 Å². The first-order valence-electron chi connectivity index (χ1n) is 8.15. The average molecular weight is 387 g/mol. The number of nitrogens with zero attached hydrogens (tertiary/aromatic N) is 2. The molecule has 0 spiro atoms. The fraction of sp³-hybridized carbons (Fsp3) is 0.389. The third kappa shape index (κ3) is 1.83. The first-order valence-corrected chi connectivity index (χ1v) is 8.94. The molecule has 3 fully saturated rings. The topological polar surface area (TPSA) is 70.0 Å². The van der Waals surface area contributed by atoms with Crippen molar-refractivity contribution in [2.75, 3.05) is 0 Å². The van der Waals surface area contributed by atoms with Gasteiger partial charge in [-0.3, -0.25) is 9.59 Å². The minimum Gasteiger partial charge on any atom is -0.507 e. The minimum absolute atomic E-state index is 0.133. The zero-order valence-electron chi connectivity index (χ0n) is 12.7. The number of imide groups is 1.